The Morgan fingerprint density at radius 2 is 2.04 bits per heavy atom. The van der Waals surface area contributed by atoms with Gasteiger partial charge in [0.05, 0.1) is 11.9 Å². The van der Waals surface area contributed by atoms with Crippen LogP contribution in [0, 0.1) is 6.92 Å². The molecule has 3 aromatic rings. The van der Waals surface area contributed by atoms with Crippen molar-refractivity contribution in [1.29, 1.82) is 0 Å². The Hall–Kier alpha value is -2.66. The summed E-state index contributed by atoms with van der Waals surface area (Å²) in [4.78, 5) is 18.0. The first kappa shape index (κ1) is 15.2. The van der Waals surface area contributed by atoms with Gasteiger partial charge in [-0.3, -0.25) is 9.78 Å². The minimum absolute atomic E-state index is 0.181. The fourth-order valence-electron chi connectivity index (χ4n) is 2.12. The van der Waals surface area contributed by atoms with Gasteiger partial charge in [0.15, 0.2) is 0 Å². The van der Waals surface area contributed by atoms with Gasteiger partial charge >= 0.3 is 0 Å². The highest BCUT2D eigenvalue weighted by Crippen LogP contribution is 2.30. The Kier molecular flexibility index (Phi) is 4.68. The molecule has 0 aliphatic heterocycles. The second kappa shape index (κ2) is 7.07. The van der Waals surface area contributed by atoms with Crippen LogP contribution in [0.1, 0.15) is 20.1 Å². The van der Waals surface area contributed by atoms with Crippen molar-refractivity contribution in [3.05, 3.63) is 76.2 Å². The highest BCUT2D eigenvalue weighted by Gasteiger charge is 2.17. The molecule has 1 amide bonds. The van der Waals surface area contributed by atoms with Crippen LogP contribution in [0.4, 0.5) is 5.69 Å². The summed E-state index contributed by atoms with van der Waals surface area (Å²) in [6.07, 6.45) is 3.28. The zero-order valence-electron chi connectivity index (χ0n) is 12.7. The van der Waals surface area contributed by atoms with Crippen LogP contribution in [0.3, 0.4) is 0 Å². The predicted molar refractivity (Wildman–Crippen MR) is 92.0 cm³/mol. The summed E-state index contributed by atoms with van der Waals surface area (Å²) in [5, 5.41) is 2.84. The van der Waals surface area contributed by atoms with Crippen molar-refractivity contribution in [2.24, 2.45) is 0 Å². The molecule has 0 unspecified atom stereocenters. The fraction of sp³-hybridized carbons (Fsp3) is 0.111. The number of thiophene rings is 1. The van der Waals surface area contributed by atoms with Crippen molar-refractivity contribution in [3.63, 3.8) is 0 Å². The number of pyridine rings is 1. The van der Waals surface area contributed by atoms with Gasteiger partial charge in [0.2, 0.25) is 0 Å². The number of hydrogen-bond acceptors (Lipinski definition) is 4. The number of rotatable bonds is 5. The van der Waals surface area contributed by atoms with Crippen LogP contribution >= 0.6 is 11.3 Å². The van der Waals surface area contributed by atoms with E-state index in [-0.39, 0.29) is 5.91 Å². The molecular formula is C18H16N2O2S. The molecule has 0 atom stereocenters. The molecular weight excluding hydrogens is 308 g/mol. The average Bonchev–Trinajstić information content (AvgIpc) is 2.96. The summed E-state index contributed by atoms with van der Waals surface area (Å²) in [5.74, 6) is 0.428. The summed E-state index contributed by atoms with van der Waals surface area (Å²) < 4.78 is 5.84. The molecule has 0 saturated carbocycles. The molecule has 0 fully saturated rings. The minimum Gasteiger partial charge on any atom is -0.487 e. The molecule has 0 radical (unpaired) electrons. The average molecular weight is 324 g/mol. The van der Waals surface area contributed by atoms with E-state index >= 15 is 0 Å². The van der Waals surface area contributed by atoms with Gasteiger partial charge in [0.1, 0.15) is 17.2 Å². The molecule has 4 nitrogen and oxygen atoms in total. The van der Waals surface area contributed by atoms with E-state index < -0.39 is 0 Å². The Bertz CT molecular complexity index is 785. The molecule has 3 rings (SSSR count). The Balaban J connectivity index is 1.73. The van der Waals surface area contributed by atoms with Gasteiger partial charge in [-0.05, 0) is 30.7 Å². The molecule has 1 N–H and O–H groups in total. The van der Waals surface area contributed by atoms with E-state index in [4.69, 9.17) is 4.74 Å². The van der Waals surface area contributed by atoms with Gasteiger partial charge in [-0.2, -0.15) is 0 Å². The summed E-state index contributed by atoms with van der Waals surface area (Å²) >= 11 is 1.42. The van der Waals surface area contributed by atoms with Crippen LogP contribution in [0.15, 0.2) is 60.9 Å². The zero-order valence-corrected chi connectivity index (χ0v) is 13.5. The van der Waals surface area contributed by atoms with Crippen LogP contribution in [0.25, 0.3) is 0 Å². The van der Waals surface area contributed by atoms with Crippen molar-refractivity contribution < 1.29 is 9.53 Å². The number of nitrogens with one attached hydrogen (secondary N) is 1. The van der Waals surface area contributed by atoms with Crippen LogP contribution in [-0.4, -0.2) is 10.9 Å². The lowest BCUT2D eigenvalue weighted by atomic mass is 10.2. The van der Waals surface area contributed by atoms with Gasteiger partial charge in [0, 0.05) is 11.1 Å². The molecule has 2 heterocycles. The Morgan fingerprint density at radius 1 is 1.22 bits per heavy atom. The van der Waals surface area contributed by atoms with Gasteiger partial charge < -0.3 is 10.1 Å². The highest BCUT2D eigenvalue weighted by atomic mass is 32.1. The van der Waals surface area contributed by atoms with E-state index in [0.717, 1.165) is 10.4 Å². The monoisotopic (exact) mass is 324 g/mol. The number of anilines is 1. The number of aromatic nitrogens is 1. The van der Waals surface area contributed by atoms with E-state index in [1.165, 1.54) is 11.3 Å². The van der Waals surface area contributed by atoms with Gasteiger partial charge in [-0.25, -0.2) is 0 Å². The van der Waals surface area contributed by atoms with Crippen molar-refractivity contribution >= 4 is 22.9 Å². The maximum absolute atomic E-state index is 12.5. The quantitative estimate of drug-likeness (QED) is 0.762. The van der Waals surface area contributed by atoms with Crippen molar-refractivity contribution in [2.75, 3.05) is 5.32 Å². The summed E-state index contributed by atoms with van der Waals surface area (Å²) in [7, 11) is 0. The number of carbonyl (C=O) groups is 1. The lowest BCUT2D eigenvalue weighted by Crippen LogP contribution is -2.11. The Labute approximate surface area is 138 Å². The van der Waals surface area contributed by atoms with Gasteiger partial charge in [-0.1, -0.05) is 30.3 Å². The summed E-state index contributed by atoms with van der Waals surface area (Å²) in [6, 6.07) is 15.4. The second-order valence-electron chi connectivity index (χ2n) is 5.02. The SMILES string of the molecule is Cc1cc(OCc2ccccc2)c(C(=O)Nc2cccnc2)s1. The molecule has 0 saturated heterocycles. The van der Waals surface area contributed by atoms with Crippen LogP contribution in [-0.2, 0) is 6.61 Å². The molecule has 5 heteroatoms. The first-order valence-electron chi connectivity index (χ1n) is 7.21. The zero-order chi connectivity index (χ0) is 16.1. The first-order chi connectivity index (χ1) is 11.2. The smallest absolute Gasteiger partial charge is 0.269 e. The number of hydrogen-bond donors (Lipinski definition) is 1. The van der Waals surface area contributed by atoms with Crippen molar-refractivity contribution in [3.8, 4) is 5.75 Å². The van der Waals surface area contributed by atoms with Crippen LogP contribution in [0.5, 0.6) is 5.75 Å². The highest BCUT2D eigenvalue weighted by molar-refractivity contribution is 7.14. The number of amides is 1. The minimum atomic E-state index is -0.181. The molecule has 23 heavy (non-hydrogen) atoms. The van der Waals surface area contributed by atoms with Gasteiger partial charge in [0.25, 0.3) is 5.91 Å². The lowest BCUT2D eigenvalue weighted by molar-refractivity contribution is 0.102. The largest absolute Gasteiger partial charge is 0.487 e. The number of nitrogens with zero attached hydrogens (tertiary/aromatic N) is 1. The third-order valence-corrected chi connectivity index (χ3v) is 4.21. The number of ether oxygens (including phenoxy) is 1. The van der Waals surface area contributed by atoms with Crippen LogP contribution < -0.4 is 10.1 Å². The third-order valence-electron chi connectivity index (χ3n) is 3.18. The van der Waals surface area contributed by atoms with Crippen LogP contribution in [0.2, 0.25) is 0 Å². The predicted octanol–water partition coefficient (Wildman–Crippen LogP) is 4.28. The van der Waals surface area contributed by atoms with Crippen molar-refractivity contribution in [1.82, 2.24) is 4.98 Å². The third kappa shape index (κ3) is 3.96. The normalized spacial score (nSPS) is 10.3. The number of benzene rings is 1. The molecule has 0 spiro atoms. The number of carbonyl (C=O) groups excluding carboxylic acids is 1. The maximum atomic E-state index is 12.5. The maximum Gasteiger partial charge on any atom is 0.269 e. The second-order valence-corrected chi connectivity index (χ2v) is 6.28. The van der Waals surface area contributed by atoms with E-state index in [0.29, 0.717) is 22.9 Å². The molecule has 0 aliphatic carbocycles. The number of aryl methyl sites for hydroxylation is 1. The van der Waals surface area contributed by atoms with E-state index in [1.807, 2.05) is 43.3 Å². The fourth-order valence-corrected chi connectivity index (χ4v) is 2.97. The summed E-state index contributed by atoms with van der Waals surface area (Å²) in [5.41, 5.74) is 1.73. The Morgan fingerprint density at radius 3 is 2.78 bits per heavy atom. The molecule has 1 aromatic carbocycles. The lowest BCUT2D eigenvalue weighted by Gasteiger charge is -2.08. The standard InChI is InChI=1S/C18H16N2O2S/c1-13-10-16(22-12-14-6-3-2-4-7-14)17(23-13)18(21)20-15-8-5-9-19-11-15/h2-11H,12H2,1H3,(H,20,21). The van der Waals surface area contributed by atoms with E-state index in [9.17, 15) is 4.79 Å². The van der Waals surface area contributed by atoms with Gasteiger partial charge in [-0.15, -0.1) is 11.3 Å². The molecule has 0 aliphatic rings. The molecule has 0 bridgehead atoms. The summed E-state index contributed by atoms with van der Waals surface area (Å²) in [6.45, 7) is 2.39. The molecule has 2 aromatic heterocycles. The van der Waals surface area contributed by atoms with E-state index in [1.54, 1.807) is 24.5 Å². The van der Waals surface area contributed by atoms with Crippen molar-refractivity contribution in [2.45, 2.75) is 13.5 Å². The molecule has 116 valence electrons. The van der Waals surface area contributed by atoms with E-state index in [2.05, 4.69) is 10.3 Å². The topological polar surface area (TPSA) is 51.2 Å². The first-order valence-corrected chi connectivity index (χ1v) is 8.02.